The number of hydrogen-bond donors (Lipinski definition) is 0. The number of aromatic nitrogens is 1. The first-order valence-corrected chi connectivity index (χ1v) is 13.4. The second-order valence-corrected chi connectivity index (χ2v) is 10.7. The van der Waals surface area contributed by atoms with E-state index in [1.54, 1.807) is 30.9 Å². The Morgan fingerprint density at radius 1 is 1.00 bits per heavy atom. The van der Waals surface area contributed by atoms with E-state index >= 15 is 0 Å². The molecule has 186 valence electrons. The van der Waals surface area contributed by atoms with Crippen LogP contribution in [0.3, 0.4) is 0 Å². The summed E-state index contributed by atoms with van der Waals surface area (Å²) in [6.07, 6.45) is 3.48. The molecule has 0 spiro atoms. The fraction of sp³-hybridized carbons (Fsp3) is 0.172. The van der Waals surface area contributed by atoms with E-state index in [9.17, 15) is 4.79 Å². The molecule has 8 heteroatoms. The van der Waals surface area contributed by atoms with Crippen LogP contribution in [0, 0.1) is 0 Å². The zero-order valence-electron chi connectivity index (χ0n) is 20.1. The normalized spacial score (nSPS) is 16.5. The van der Waals surface area contributed by atoms with Crippen LogP contribution in [0.2, 0.25) is 10.0 Å². The number of thiazole rings is 1. The number of aryl methyl sites for hydroxylation is 1. The molecule has 1 aliphatic heterocycles. The van der Waals surface area contributed by atoms with Crippen LogP contribution in [0.25, 0.3) is 11.8 Å². The van der Waals surface area contributed by atoms with Crippen LogP contribution in [0.4, 0.5) is 0 Å². The molecule has 37 heavy (non-hydrogen) atoms. The van der Waals surface area contributed by atoms with Crippen LogP contribution in [0.1, 0.15) is 34.7 Å². The topological polar surface area (TPSA) is 52.8 Å². The molecular formula is C29H22Cl2N2O3S. The van der Waals surface area contributed by atoms with E-state index in [2.05, 4.69) is 18.2 Å². The van der Waals surface area contributed by atoms with Crippen molar-refractivity contribution in [1.29, 1.82) is 0 Å². The molecule has 0 bridgehead atoms. The molecule has 2 heterocycles. The summed E-state index contributed by atoms with van der Waals surface area (Å²) in [6.45, 7) is 0. The monoisotopic (exact) mass is 548 g/mol. The van der Waals surface area contributed by atoms with Crippen molar-refractivity contribution in [3.63, 3.8) is 0 Å². The van der Waals surface area contributed by atoms with Gasteiger partial charge in [-0.25, -0.2) is 4.99 Å². The van der Waals surface area contributed by atoms with Gasteiger partial charge in [0.1, 0.15) is 0 Å². The fourth-order valence-corrected chi connectivity index (χ4v) is 6.47. The van der Waals surface area contributed by atoms with Gasteiger partial charge < -0.3 is 9.47 Å². The van der Waals surface area contributed by atoms with Gasteiger partial charge in [0.15, 0.2) is 16.3 Å². The Kier molecular flexibility index (Phi) is 6.19. The summed E-state index contributed by atoms with van der Waals surface area (Å²) in [7, 11) is 3.23. The molecule has 5 nitrogen and oxygen atoms in total. The number of methoxy groups -OCH3 is 2. The van der Waals surface area contributed by atoms with Gasteiger partial charge in [-0.3, -0.25) is 9.36 Å². The predicted octanol–water partition coefficient (Wildman–Crippen LogP) is 5.64. The quantitative estimate of drug-likeness (QED) is 0.331. The smallest absolute Gasteiger partial charge is 0.271 e. The lowest BCUT2D eigenvalue weighted by Crippen LogP contribution is -2.38. The molecule has 0 radical (unpaired) electrons. The number of benzene rings is 3. The van der Waals surface area contributed by atoms with Crippen molar-refractivity contribution in [2.24, 2.45) is 4.99 Å². The molecule has 1 aliphatic carbocycles. The van der Waals surface area contributed by atoms with Gasteiger partial charge in [0.05, 0.1) is 40.5 Å². The maximum Gasteiger partial charge on any atom is 0.271 e. The summed E-state index contributed by atoms with van der Waals surface area (Å²) < 4.78 is 13.4. The van der Waals surface area contributed by atoms with Crippen molar-refractivity contribution >= 4 is 46.3 Å². The largest absolute Gasteiger partial charge is 0.493 e. The first-order valence-electron chi connectivity index (χ1n) is 11.8. The maximum absolute atomic E-state index is 13.9. The predicted molar refractivity (Wildman–Crippen MR) is 149 cm³/mol. The molecule has 0 amide bonds. The van der Waals surface area contributed by atoms with Crippen molar-refractivity contribution in [2.45, 2.75) is 18.9 Å². The standard InChI is InChI=1S/C29H22Cl2N2O3S/c1-35-22-13-11-18(14-23(22)36-2)27-20-12-10-16-6-3-4-8-19(16)26(20)32-29-33(27)28(34)24(37-29)15-17-7-5-9-21(30)25(17)31/h3-9,11,13-15,27H,10,12H2,1-2H3/b24-15+/t27-/m1/s1. The lowest BCUT2D eigenvalue weighted by Gasteiger charge is -2.31. The Labute approximate surface area is 227 Å². The van der Waals surface area contributed by atoms with Crippen molar-refractivity contribution in [2.75, 3.05) is 14.2 Å². The first-order chi connectivity index (χ1) is 18.0. The van der Waals surface area contributed by atoms with Gasteiger partial charge in [-0.05, 0) is 59.4 Å². The molecule has 2 aliphatic rings. The zero-order chi connectivity index (χ0) is 25.7. The van der Waals surface area contributed by atoms with E-state index in [1.807, 2.05) is 36.4 Å². The number of rotatable bonds is 4. The summed E-state index contributed by atoms with van der Waals surface area (Å²) in [5.41, 5.74) is 5.95. The zero-order valence-corrected chi connectivity index (χ0v) is 22.5. The molecular weight excluding hydrogens is 527 g/mol. The van der Waals surface area contributed by atoms with Gasteiger partial charge in [0, 0.05) is 5.56 Å². The average Bonchev–Trinajstić information content (AvgIpc) is 3.23. The second-order valence-electron chi connectivity index (χ2n) is 8.87. The molecule has 1 atom stereocenters. The lowest BCUT2D eigenvalue weighted by molar-refractivity contribution is 0.354. The summed E-state index contributed by atoms with van der Waals surface area (Å²) >= 11 is 14.0. The number of fused-ring (bicyclic) bond motifs is 3. The molecule has 4 aromatic rings. The number of hydrogen-bond acceptors (Lipinski definition) is 5. The van der Waals surface area contributed by atoms with E-state index in [1.165, 1.54) is 16.9 Å². The van der Waals surface area contributed by atoms with Crippen LogP contribution in [0.5, 0.6) is 11.5 Å². The van der Waals surface area contributed by atoms with Crippen molar-refractivity contribution in [1.82, 2.24) is 4.57 Å². The van der Waals surface area contributed by atoms with Crippen LogP contribution in [-0.2, 0) is 6.42 Å². The van der Waals surface area contributed by atoms with E-state index in [-0.39, 0.29) is 11.6 Å². The van der Waals surface area contributed by atoms with Gasteiger partial charge in [0.25, 0.3) is 5.56 Å². The highest BCUT2D eigenvalue weighted by atomic mass is 35.5. The van der Waals surface area contributed by atoms with E-state index < -0.39 is 0 Å². The van der Waals surface area contributed by atoms with Gasteiger partial charge in [-0.1, -0.05) is 77.0 Å². The average molecular weight is 549 g/mol. The van der Waals surface area contributed by atoms with E-state index in [0.29, 0.717) is 36.4 Å². The van der Waals surface area contributed by atoms with E-state index in [4.69, 9.17) is 37.7 Å². The summed E-state index contributed by atoms with van der Waals surface area (Å²) in [4.78, 5) is 19.6. The van der Waals surface area contributed by atoms with Gasteiger partial charge in [-0.15, -0.1) is 0 Å². The van der Waals surface area contributed by atoms with Crippen LogP contribution < -0.4 is 24.4 Å². The Morgan fingerprint density at radius 2 is 1.81 bits per heavy atom. The second kappa shape index (κ2) is 9.53. The number of allylic oxidation sites excluding steroid dienone is 1. The number of nitrogens with zero attached hydrogens (tertiary/aromatic N) is 2. The van der Waals surface area contributed by atoms with E-state index in [0.717, 1.165) is 35.2 Å². The highest BCUT2D eigenvalue weighted by Crippen LogP contribution is 2.42. The van der Waals surface area contributed by atoms with Crippen molar-refractivity contribution in [3.05, 3.63) is 118 Å². The van der Waals surface area contributed by atoms with Crippen molar-refractivity contribution < 1.29 is 9.47 Å². The molecule has 3 aromatic carbocycles. The Morgan fingerprint density at radius 3 is 2.62 bits per heavy atom. The first kappa shape index (κ1) is 24.0. The minimum absolute atomic E-state index is 0.120. The minimum Gasteiger partial charge on any atom is -0.493 e. The van der Waals surface area contributed by atoms with Crippen LogP contribution >= 0.6 is 34.5 Å². The highest BCUT2D eigenvalue weighted by molar-refractivity contribution is 7.07. The van der Waals surface area contributed by atoms with Gasteiger partial charge in [-0.2, -0.15) is 0 Å². The third kappa shape index (κ3) is 4.00. The Bertz CT molecular complexity index is 1770. The summed E-state index contributed by atoms with van der Waals surface area (Å²) in [6, 6.07) is 19.2. The SMILES string of the molecule is COc1ccc([C@@H]2C3=C(N=c4s/c(=C/c5cccc(Cl)c5Cl)c(=O)n42)c2ccccc2CC3)cc1OC. The molecule has 0 fully saturated rings. The molecule has 0 N–H and O–H groups in total. The fourth-order valence-electron chi connectivity index (χ4n) is 5.12. The Hall–Kier alpha value is -3.32. The lowest BCUT2D eigenvalue weighted by atomic mass is 9.83. The number of halogens is 2. The third-order valence-corrected chi connectivity index (χ3v) is 8.68. The summed E-state index contributed by atoms with van der Waals surface area (Å²) in [5, 5.41) is 0.859. The maximum atomic E-state index is 13.9. The molecule has 1 aromatic heterocycles. The Balaban J connectivity index is 1.63. The van der Waals surface area contributed by atoms with Gasteiger partial charge in [0.2, 0.25) is 0 Å². The molecule has 0 saturated carbocycles. The van der Waals surface area contributed by atoms with Crippen molar-refractivity contribution in [3.8, 4) is 11.5 Å². The third-order valence-electron chi connectivity index (χ3n) is 6.86. The summed E-state index contributed by atoms with van der Waals surface area (Å²) in [5.74, 6) is 1.25. The molecule has 0 unspecified atom stereocenters. The minimum atomic E-state index is -0.323. The van der Waals surface area contributed by atoms with Gasteiger partial charge >= 0.3 is 0 Å². The molecule has 0 saturated heterocycles. The highest BCUT2D eigenvalue weighted by Gasteiger charge is 2.33. The van der Waals surface area contributed by atoms with Crippen LogP contribution in [0.15, 0.2) is 76.0 Å². The number of ether oxygens (including phenoxy) is 2. The van der Waals surface area contributed by atoms with Crippen LogP contribution in [-0.4, -0.2) is 18.8 Å². The molecule has 6 rings (SSSR count).